The molecule has 3 aromatic rings. The highest BCUT2D eigenvalue weighted by molar-refractivity contribution is 5.67. The lowest BCUT2D eigenvalue weighted by molar-refractivity contribution is -0.159. The van der Waals surface area contributed by atoms with Crippen molar-refractivity contribution in [1.82, 2.24) is 20.0 Å². The lowest BCUT2D eigenvalue weighted by Crippen LogP contribution is -2.26. The maximum Gasteiger partial charge on any atom is 0.471 e. The van der Waals surface area contributed by atoms with Crippen LogP contribution in [-0.4, -0.2) is 33.2 Å². The number of halogens is 3. The summed E-state index contributed by atoms with van der Waals surface area (Å²) in [7, 11) is 1.58. The molecule has 0 N–H and O–H groups in total. The van der Waals surface area contributed by atoms with Crippen LogP contribution >= 0.6 is 0 Å². The molecule has 152 valence electrons. The second-order valence-electron chi connectivity index (χ2n) is 6.40. The Hall–Kier alpha value is -3.43. The van der Waals surface area contributed by atoms with Crippen molar-refractivity contribution in [3.63, 3.8) is 0 Å². The molecular formula is C19H17F3N4O3. The van der Waals surface area contributed by atoms with Gasteiger partial charge < -0.3 is 14.2 Å². The maximum atomic E-state index is 12.5. The molecule has 1 aromatic carbocycles. The third kappa shape index (κ3) is 5.31. The summed E-state index contributed by atoms with van der Waals surface area (Å²) in [4.78, 5) is 20.9. The zero-order valence-electron chi connectivity index (χ0n) is 15.6. The molecule has 2 heterocycles. The monoisotopic (exact) mass is 406 g/mol. The Morgan fingerprint density at radius 3 is 2.52 bits per heavy atom. The number of aromatic nitrogens is 3. The standard InChI is InChI=1S/C19H17F3N4O3/c1-12-7-14(9-23-8-12)11-28-18(27)26(2)10-13-3-5-15(6-4-13)16-24-17(29-25-16)19(20,21)22/h3-9H,10-11H2,1-2H3. The first-order valence-corrected chi connectivity index (χ1v) is 8.51. The van der Waals surface area contributed by atoms with Gasteiger partial charge in [-0.25, -0.2) is 4.79 Å². The largest absolute Gasteiger partial charge is 0.471 e. The van der Waals surface area contributed by atoms with Crippen molar-refractivity contribution in [2.24, 2.45) is 0 Å². The third-order valence-corrected chi connectivity index (χ3v) is 3.91. The Balaban J connectivity index is 1.57. The molecule has 29 heavy (non-hydrogen) atoms. The molecule has 0 spiro atoms. The third-order valence-electron chi connectivity index (χ3n) is 3.91. The van der Waals surface area contributed by atoms with Crippen LogP contribution in [0.5, 0.6) is 0 Å². The molecule has 7 nitrogen and oxygen atoms in total. The highest BCUT2D eigenvalue weighted by atomic mass is 19.4. The van der Waals surface area contributed by atoms with Gasteiger partial charge >= 0.3 is 18.2 Å². The van der Waals surface area contributed by atoms with Crippen LogP contribution in [0.4, 0.5) is 18.0 Å². The van der Waals surface area contributed by atoms with E-state index < -0.39 is 18.2 Å². The minimum absolute atomic E-state index is 0.107. The van der Waals surface area contributed by atoms with Gasteiger partial charge in [-0.15, -0.1) is 0 Å². The number of nitrogens with zero attached hydrogens (tertiary/aromatic N) is 4. The molecule has 0 bridgehead atoms. The number of ether oxygens (including phenoxy) is 1. The molecule has 0 aliphatic heterocycles. The summed E-state index contributed by atoms with van der Waals surface area (Å²) in [6.07, 6.45) is -1.87. The number of aryl methyl sites for hydroxylation is 1. The van der Waals surface area contributed by atoms with Crippen LogP contribution in [0, 0.1) is 6.92 Å². The second-order valence-corrected chi connectivity index (χ2v) is 6.40. The van der Waals surface area contributed by atoms with E-state index in [0.29, 0.717) is 5.56 Å². The van der Waals surface area contributed by atoms with Crippen molar-refractivity contribution in [3.8, 4) is 11.4 Å². The Morgan fingerprint density at radius 2 is 1.90 bits per heavy atom. The normalized spacial score (nSPS) is 11.3. The predicted molar refractivity (Wildman–Crippen MR) is 95.4 cm³/mol. The average molecular weight is 406 g/mol. The summed E-state index contributed by atoms with van der Waals surface area (Å²) < 4.78 is 47.1. The fourth-order valence-corrected chi connectivity index (χ4v) is 2.51. The molecule has 0 atom stereocenters. The van der Waals surface area contributed by atoms with E-state index in [1.54, 1.807) is 43.7 Å². The van der Waals surface area contributed by atoms with Gasteiger partial charge in [0.1, 0.15) is 6.61 Å². The summed E-state index contributed by atoms with van der Waals surface area (Å²) in [5.74, 6) is -1.56. The number of hydrogen-bond acceptors (Lipinski definition) is 6. The Bertz CT molecular complexity index is 987. The van der Waals surface area contributed by atoms with E-state index in [0.717, 1.165) is 16.7 Å². The molecule has 0 saturated heterocycles. The Kier molecular flexibility index (Phi) is 5.81. The van der Waals surface area contributed by atoms with Gasteiger partial charge in [0.25, 0.3) is 0 Å². The molecular weight excluding hydrogens is 389 g/mol. The molecule has 0 saturated carbocycles. The zero-order chi connectivity index (χ0) is 21.0. The first kappa shape index (κ1) is 20.3. The summed E-state index contributed by atoms with van der Waals surface area (Å²) >= 11 is 0. The maximum absolute atomic E-state index is 12.5. The van der Waals surface area contributed by atoms with Crippen LogP contribution < -0.4 is 0 Å². The number of alkyl halides is 3. The molecule has 0 radical (unpaired) electrons. The highest BCUT2D eigenvalue weighted by Gasteiger charge is 2.38. The summed E-state index contributed by atoms with van der Waals surface area (Å²) in [5.41, 5.74) is 2.88. The van der Waals surface area contributed by atoms with Gasteiger partial charge in [0.15, 0.2) is 0 Å². The minimum atomic E-state index is -4.69. The number of carbonyl (C=O) groups excluding carboxylic acids is 1. The van der Waals surface area contributed by atoms with E-state index in [4.69, 9.17) is 4.74 Å². The van der Waals surface area contributed by atoms with Crippen molar-refractivity contribution < 1.29 is 27.2 Å². The fourth-order valence-electron chi connectivity index (χ4n) is 2.51. The van der Waals surface area contributed by atoms with Gasteiger partial charge in [-0.05, 0) is 24.1 Å². The van der Waals surface area contributed by atoms with Gasteiger partial charge in [0.2, 0.25) is 5.82 Å². The summed E-state index contributed by atoms with van der Waals surface area (Å²) in [6.45, 7) is 2.26. The molecule has 1 amide bonds. The van der Waals surface area contributed by atoms with Crippen molar-refractivity contribution in [2.75, 3.05) is 7.05 Å². The van der Waals surface area contributed by atoms with Gasteiger partial charge in [-0.2, -0.15) is 18.2 Å². The van der Waals surface area contributed by atoms with Crippen LogP contribution in [0.1, 0.15) is 22.6 Å². The predicted octanol–water partition coefficient (Wildman–Crippen LogP) is 4.23. The minimum Gasteiger partial charge on any atom is -0.444 e. The van der Waals surface area contributed by atoms with E-state index in [9.17, 15) is 18.0 Å². The molecule has 0 aliphatic carbocycles. The van der Waals surface area contributed by atoms with Gasteiger partial charge in [-0.3, -0.25) is 4.98 Å². The molecule has 2 aromatic heterocycles. The SMILES string of the molecule is Cc1cncc(COC(=O)N(C)Cc2ccc(-c3noc(C(F)(F)F)n3)cc2)c1. The van der Waals surface area contributed by atoms with Crippen LogP contribution in [0.3, 0.4) is 0 Å². The topological polar surface area (TPSA) is 81.4 Å². The van der Waals surface area contributed by atoms with Crippen LogP contribution in [0.15, 0.2) is 47.2 Å². The van der Waals surface area contributed by atoms with Crippen molar-refractivity contribution in [1.29, 1.82) is 0 Å². The second kappa shape index (κ2) is 8.29. The van der Waals surface area contributed by atoms with Gasteiger partial charge in [0, 0.05) is 37.1 Å². The Labute approximate surface area is 164 Å². The van der Waals surface area contributed by atoms with Crippen LogP contribution in [0.25, 0.3) is 11.4 Å². The average Bonchev–Trinajstić information content (AvgIpc) is 3.17. The molecule has 0 unspecified atom stereocenters. The Morgan fingerprint density at radius 1 is 1.17 bits per heavy atom. The van der Waals surface area contributed by atoms with Gasteiger partial charge in [0.05, 0.1) is 0 Å². The highest BCUT2D eigenvalue weighted by Crippen LogP contribution is 2.29. The van der Waals surface area contributed by atoms with Crippen molar-refractivity contribution in [3.05, 3.63) is 65.3 Å². The quantitative estimate of drug-likeness (QED) is 0.631. The van der Waals surface area contributed by atoms with E-state index >= 15 is 0 Å². The smallest absolute Gasteiger partial charge is 0.444 e. The number of pyridine rings is 1. The lowest BCUT2D eigenvalue weighted by Gasteiger charge is -2.17. The number of benzene rings is 1. The van der Waals surface area contributed by atoms with E-state index in [-0.39, 0.29) is 19.0 Å². The van der Waals surface area contributed by atoms with Crippen molar-refractivity contribution in [2.45, 2.75) is 26.3 Å². The number of hydrogen-bond donors (Lipinski definition) is 0. The molecule has 0 aliphatic rings. The first-order valence-electron chi connectivity index (χ1n) is 8.51. The van der Waals surface area contributed by atoms with E-state index in [1.165, 1.54) is 4.90 Å². The summed E-state index contributed by atoms with van der Waals surface area (Å²) in [6, 6.07) is 8.30. The number of carbonyl (C=O) groups is 1. The van der Waals surface area contributed by atoms with E-state index in [1.807, 2.05) is 13.0 Å². The number of rotatable bonds is 5. The zero-order valence-corrected chi connectivity index (χ0v) is 15.6. The van der Waals surface area contributed by atoms with Crippen molar-refractivity contribution >= 4 is 6.09 Å². The van der Waals surface area contributed by atoms with E-state index in [2.05, 4.69) is 19.6 Å². The summed E-state index contributed by atoms with van der Waals surface area (Å²) in [5, 5.41) is 3.34. The van der Waals surface area contributed by atoms with Gasteiger partial charge in [-0.1, -0.05) is 29.4 Å². The first-order chi connectivity index (χ1) is 13.7. The lowest BCUT2D eigenvalue weighted by atomic mass is 10.1. The molecule has 3 rings (SSSR count). The molecule has 0 fully saturated rings. The number of amides is 1. The van der Waals surface area contributed by atoms with Crippen LogP contribution in [0.2, 0.25) is 0 Å². The fraction of sp³-hybridized carbons (Fsp3) is 0.263. The van der Waals surface area contributed by atoms with Crippen LogP contribution in [-0.2, 0) is 24.1 Å². The molecule has 10 heteroatoms.